The summed E-state index contributed by atoms with van der Waals surface area (Å²) in [5, 5.41) is 3.24. The van der Waals surface area contributed by atoms with Crippen molar-refractivity contribution in [3.05, 3.63) is 52.6 Å². The minimum atomic E-state index is -0.457. The van der Waals surface area contributed by atoms with Crippen molar-refractivity contribution < 1.29 is 13.9 Å². The summed E-state index contributed by atoms with van der Waals surface area (Å²) in [6.07, 6.45) is 5.41. The molecule has 3 fully saturated rings. The first-order valence-corrected chi connectivity index (χ1v) is 10.8. The Kier molecular flexibility index (Phi) is 5.41. The van der Waals surface area contributed by atoms with Crippen LogP contribution in [0.5, 0.6) is 6.01 Å². The molecule has 5 unspecified atom stereocenters. The van der Waals surface area contributed by atoms with E-state index in [1.807, 2.05) is 0 Å². The lowest BCUT2D eigenvalue weighted by Crippen LogP contribution is -2.60. The van der Waals surface area contributed by atoms with Gasteiger partial charge < -0.3 is 15.0 Å². The van der Waals surface area contributed by atoms with Crippen molar-refractivity contribution in [1.82, 2.24) is 31.0 Å². The summed E-state index contributed by atoms with van der Waals surface area (Å²) in [7, 11) is 1.55. The third-order valence-corrected chi connectivity index (χ3v) is 6.91. The predicted octanol–water partition coefficient (Wildman–Crippen LogP) is 2.42. The standard InChI is InChI=1S/C21H24ClFN6O2/c1-31-20-24-7-13(8-25-20)19-14-5-12-10-29(9-11-2-3-16(23)15(22)4-11)21(30)26-17(12)6-18(14)27-28-19/h2-4,7-8,12,14,17-19,27-28H,5-6,9-10H2,1H3,(H,26,30). The first kappa shape index (κ1) is 20.4. The number of hydrogen-bond donors (Lipinski definition) is 3. The number of aromatic nitrogens is 2. The number of halogens is 2. The van der Waals surface area contributed by atoms with Gasteiger partial charge >= 0.3 is 12.0 Å². The summed E-state index contributed by atoms with van der Waals surface area (Å²) in [6, 6.07) is 5.33. The summed E-state index contributed by atoms with van der Waals surface area (Å²) in [5.74, 6) is 0.218. The van der Waals surface area contributed by atoms with Gasteiger partial charge in [0.05, 0.1) is 18.2 Å². The van der Waals surface area contributed by atoms with E-state index in [9.17, 15) is 9.18 Å². The van der Waals surface area contributed by atoms with E-state index in [4.69, 9.17) is 16.3 Å². The van der Waals surface area contributed by atoms with Crippen molar-refractivity contribution in [2.45, 2.75) is 37.5 Å². The van der Waals surface area contributed by atoms with Crippen molar-refractivity contribution >= 4 is 17.6 Å². The van der Waals surface area contributed by atoms with Crippen LogP contribution in [0.3, 0.4) is 0 Å². The second kappa shape index (κ2) is 8.22. The number of amides is 2. The maximum atomic E-state index is 13.5. The normalized spacial score (nSPS) is 29.8. The van der Waals surface area contributed by atoms with E-state index in [1.165, 1.54) is 6.07 Å². The molecule has 8 nitrogen and oxygen atoms in total. The lowest BCUT2D eigenvalue weighted by Gasteiger charge is -2.45. The molecule has 31 heavy (non-hydrogen) atoms. The maximum absolute atomic E-state index is 13.5. The second-order valence-corrected chi connectivity index (χ2v) is 8.86. The molecule has 2 aromatic rings. The molecule has 1 saturated carbocycles. The number of nitrogens with one attached hydrogen (secondary N) is 3. The Morgan fingerprint density at radius 3 is 2.77 bits per heavy atom. The molecule has 2 amide bonds. The van der Waals surface area contributed by atoms with Gasteiger partial charge in [0.25, 0.3) is 0 Å². The molecule has 1 aromatic carbocycles. The van der Waals surface area contributed by atoms with Crippen LogP contribution >= 0.6 is 11.6 Å². The number of rotatable bonds is 4. The highest BCUT2D eigenvalue weighted by molar-refractivity contribution is 6.30. The van der Waals surface area contributed by atoms with E-state index in [-0.39, 0.29) is 29.2 Å². The lowest BCUT2D eigenvalue weighted by atomic mass is 9.71. The highest BCUT2D eigenvalue weighted by atomic mass is 35.5. The Hall–Kier alpha value is -2.49. The summed E-state index contributed by atoms with van der Waals surface area (Å²) in [4.78, 5) is 22.9. The highest BCUT2D eigenvalue weighted by Gasteiger charge is 2.47. The Morgan fingerprint density at radius 2 is 2.03 bits per heavy atom. The molecule has 2 aliphatic heterocycles. The Bertz CT molecular complexity index is 977. The van der Waals surface area contributed by atoms with E-state index >= 15 is 0 Å². The van der Waals surface area contributed by atoms with E-state index in [0.29, 0.717) is 30.9 Å². The summed E-state index contributed by atoms with van der Waals surface area (Å²) in [5.41, 5.74) is 8.61. The van der Waals surface area contributed by atoms with Gasteiger partial charge in [-0.05, 0) is 42.4 Å². The van der Waals surface area contributed by atoms with Gasteiger partial charge in [0, 0.05) is 43.1 Å². The molecular weight excluding hydrogens is 423 g/mol. The minimum Gasteiger partial charge on any atom is -0.467 e. The molecule has 3 N–H and O–H groups in total. The number of methoxy groups -OCH3 is 1. The molecule has 3 heterocycles. The van der Waals surface area contributed by atoms with Crippen LogP contribution in [-0.4, -0.2) is 46.6 Å². The fourth-order valence-electron chi connectivity index (χ4n) is 5.07. The molecular formula is C21H24ClFN6O2. The third kappa shape index (κ3) is 3.93. The van der Waals surface area contributed by atoms with Crippen LogP contribution in [0.4, 0.5) is 9.18 Å². The Balaban J connectivity index is 1.29. The van der Waals surface area contributed by atoms with Crippen LogP contribution in [0.2, 0.25) is 5.02 Å². The average Bonchev–Trinajstić information content (AvgIpc) is 3.18. The van der Waals surface area contributed by atoms with Crippen LogP contribution in [0.15, 0.2) is 30.6 Å². The molecule has 5 atom stereocenters. The van der Waals surface area contributed by atoms with Crippen LogP contribution in [0, 0.1) is 17.7 Å². The zero-order valence-electron chi connectivity index (χ0n) is 17.0. The van der Waals surface area contributed by atoms with E-state index < -0.39 is 5.82 Å². The number of hydrazine groups is 1. The van der Waals surface area contributed by atoms with Gasteiger partial charge in [-0.25, -0.2) is 24.6 Å². The molecule has 0 spiro atoms. The van der Waals surface area contributed by atoms with Crippen molar-refractivity contribution in [2.75, 3.05) is 13.7 Å². The predicted molar refractivity (Wildman–Crippen MR) is 112 cm³/mol. The molecule has 5 rings (SSSR count). The largest absolute Gasteiger partial charge is 0.467 e. The van der Waals surface area contributed by atoms with Crippen LogP contribution in [0.25, 0.3) is 0 Å². The molecule has 164 valence electrons. The zero-order chi connectivity index (χ0) is 21.5. The molecule has 2 saturated heterocycles. The topological polar surface area (TPSA) is 91.4 Å². The number of ether oxygens (including phenoxy) is 1. The SMILES string of the molecule is COc1ncc(C2NNC3CC4NC(=O)N(Cc5ccc(F)c(Cl)c5)CC4CC32)cn1. The highest BCUT2D eigenvalue weighted by Crippen LogP contribution is 2.41. The van der Waals surface area contributed by atoms with Gasteiger partial charge in [0.2, 0.25) is 0 Å². The Morgan fingerprint density at radius 1 is 1.23 bits per heavy atom. The quantitative estimate of drug-likeness (QED) is 0.668. The van der Waals surface area contributed by atoms with Crippen molar-refractivity contribution in [3.8, 4) is 6.01 Å². The second-order valence-electron chi connectivity index (χ2n) is 8.46. The number of fused-ring (bicyclic) bond motifs is 2. The molecule has 0 bridgehead atoms. The average molecular weight is 447 g/mol. The monoisotopic (exact) mass is 446 g/mol. The van der Waals surface area contributed by atoms with E-state index in [0.717, 1.165) is 24.0 Å². The zero-order valence-corrected chi connectivity index (χ0v) is 17.8. The molecule has 10 heteroatoms. The maximum Gasteiger partial charge on any atom is 0.317 e. The van der Waals surface area contributed by atoms with Gasteiger partial charge in [-0.2, -0.15) is 0 Å². The molecule has 1 aliphatic carbocycles. The fourth-order valence-corrected chi connectivity index (χ4v) is 5.27. The van der Waals surface area contributed by atoms with Crippen LogP contribution in [-0.2, 0) is 6.54 Å². The lowest BCUT2D eigenvalue weighted by molar-refractivity contribution is 0.0961. The van der Waals surface area contributed by atoms with Crippen molar-refractivity contribution in [2.24, 2.45) is 11.8 Å². The van der Waals surface area contributed by atoms with Crippen LogP contribution in [0.1, 0.15) is 30.0 Å². The number of nitrogens with zero attached hydrogens (tertiary/aromatic N) is 3. The Labute approximate surface area is 184 Å². The van der Waals surface area contributed by atoms with Gasteiger partial charge in [0.15, 0.2) is 0 Å². The third-order valence-electron chi connectivity index (χ3n) is 6.62. The number of carbonyl (C=O) groups is 1. The van der Waals surface area contributed by atoms with Crippen LogP contribution < -0.4 is 20.9 Å². The first-order valence-electron chi connectivity index (χ1n) is 10.4. The summed E-state index contributed by atoms with van der Waals surface area (Å²) < 4.78 is 18.5. The molecule has 0 radical (unpaired) electrons. The number of benzene rings is 1. The van der Waals surface area contributed by atoms with Gasteiger partial charge in [-0.1, -0.05) is 17.7 Å². The summed E-state index contributed by atoms with van der Waals surface area (Å²) >= 11 is 5.91. The van der Waals surface area contributed by atoms with E-state index in [2.05, 4.69) is 26.1 Å². The van der Waals surface area contributed by atoms with Gasteiger partial charge in [-0.15, -0.1) is 0 Å². The van der Waals surface area contributed by atoms with Crippen molar-refractivity contribution in [3.63, 3.8) is 0 Å². The summed E-state index contributed by atoms with van der Waals surface area (Å²) in [6.45, 7) is 1.05. The van der Waals surface area contributed by atoms with Crippen molar-refractivity contribution in [1.29, 1.82) is 0 Å². The number of carbonyl (C=O) groups excluding carboxylic acids is 1. The number of hydrogen-bond acceptors (Lipinski definition) is 6. The molecule has 1 aromatic heterocycles. The van der Waals surface area contributed by atoms with Gasteiger partial charge in [0.1, 0.15) is 5.82 Å². The fraction of sp³-hybridized carbons (Fsp3) is 0.476. The van der Waals surface area contributed by atoms with E-state index in [1.54, 1.807) is 36.5 Å². The molecule has 3 aliphatic rings. The number of urea groups is 1. The smallest absolute Gasteiger partial charge is 0.317 e. The minimum absolute atomic E-state index is 0.0703. The first-order chi connectivity index (χ1) is 15.0. The van der Waals surface area contributed by atoms with Gasteiger partial charge in [-0.3, -0.25) is 5.43 Å².